The minimum atomic E-state index is 0.322. The quantitative estimate of drug-likeness (QED) is 0.722. The zero-order valence-corrected chi connectivity index (χ0v) is 8.79. The summed E-state index contributed by atoms with van der Waals surface area (Å²) in [6.45, 7) is 3.75. The third kappa shape index (κ3) is 2.60. The van der Waals surface area contributed by atoms with E-state index in [-0.39, 0.29) is 0 Å². The molecule has 0 spiro atoms. The Morgan fingerprint density at radius 2 is 2.36 bits per heavy atom. The van der Waals surface area contributed by atoms with Crippen molar-refractivity contribution in [3.8, 4) is 5.75 Å². The molecule has 1 N–H and O–H groups in total. The van der Waals surface area contributed by atoms with Crippen LogP contribution < -0.4 is 10.1 Å². The molecule has 0 saturated heterocycles. The summed E-state index contributed by atoms with van der Waals surface area (Å²) in [5, 5.41) is 3.24. The van der Waals surface area contributed by atoms with Gasteiger partial charge >= 0.3 is 0 Å². The van der Waals surface area contributed by atoms with Crippen LogP contribution in [-0.2, 0) is 0 Å². The summed E-state index contributed by atoms with van der Waals surface area (Å²) in [4.78, 5) is 0. The Kier molecular flexibility index (Phi) is 4.20. The van der Waals surface area contributed by atoms with Crippen LogP contribution in [-0.4, -0.2) is 14.2 Å². The van der Waals surface area contributed by atoms with Gasteiger partial charge in [-0.05, 0) is 31.2 Å². The highest BCUT2D eigenvalue weighted by molar-refractivity contribution is 5.30. The number of hydrogen-bond acceptors (Lipinski definition) is 2. The Labute approximate surface area is 85.6 Å². The standard InChI is InChI=1S/C12H17NO/c1-4-6-12(13-2)10-7-5-8-11(9-10)14-3/h4-5,7-9,12-13H,1,6H2,2-3H3. The third-order valence-corrected chi connectivity index (χ3v) is 2.25. The molecule has 1 aromatic rings. The van der Waals surface area contributed by atoms with E-state index < -0.39 is 0 Å². The Morgan fingerprint density at radius 3 is 2.93 bits per heavy atom. The van der Waals surface area contributed by atoms with Crippen molar-refractivity contribution in [2.24, 2.45) is 0 Å². The van der Waals surface area contributed by atoms with E-state index in [0.29, 0.717) is 6.04 Å². The number of methoxy groups -OCH3 is 1. The zero-order valence-electron chi connectivity index (χ0n) is 8.79. The lowest BCUT2D eigenvalue weighted by Crippen LogP contribution is -2.15. The van der Waals surface area contributed by atoms with Crippen molar-refractivity contribution < 1.29 is 4.74 Å². The maximum absolute atomic E-state index is 5.17. The average Bonchev–Trinajstić information content (AvgIpc) is 2.26. The summed E-state index contributed by atoms with van der Waals surface area (Å²) in [7, 11) is 3.63. The van der Waals surface area contributed by atoms with Crippen molar-refractivity contribution in [1.29, 1.82) is 0 Å². The molecule has 2 heteroatoms. The molecule has 0 radical (unpaired) electrons. The SMILES string of the molecule is C=CCC(NC)c1cccc(OC)c1. The van der Waals surface area contributed by atoms with E-state index in [1.165, 1.54) is 5.56 Å². The molecule has 0 heterocycles. The highest BCUT2D eigenvalue weighted by Crippen LogP contribution is 2.21. The third-order valence-electron chi connectivity index (χ3n) is 2.25. The van der Waals surface area contributed by atoms with Gasteiger partial charge in [-0.15, -0.1) is 6.58 Å². The van der Waals surface area contributed by atoms with Gasteiger partial charge in [-0.1, -0.05) is 18.2 Å². The van der Waals surface area contributed by atoms with Crippen molar-refractivity contribution in [2.45, 2.75) is 12.5 Å². The van der Waals surface area contributed by atoms with Gasteiger partial charge in [0.15, 0.2) is 0 Å². The number of benzene rings is 1. The highest BCUT2D eigenvalue weighted by atomic mass is 16.5. The van der Waals surface area contributed by atoms with Crippen LogP contribution in [0.25, 0.3) is 0 Å². The second-order valence-corrected chi connectivity index (χ2v) is 3.14. The molecule has 1 aromatic carbocycles. The molecule has 0 fully saturated rings. The molecule has 0 bridgehead atoms. The lowest BCUT2D eigenvalue weighted by Gasteiger charge is -2.15. The second-order valence-electron chi connectivity index (χ2n) is 3.14. The van der Waals surface area contributed by atoms with Gasteiger partial charge in [0.1, 0.15) is 5.75 Å². The van der Waals surface area contributed by atoms with E-state index in [4.69, 9.17) is 4.74 Å². The maximum atomic E-state index is 5.17. The number of rotatable bonds is 5. The summed E-state index contributed by atoms with van der Waals surface area (Å²) in [6, 6.07) is 8.41. The molecule has 2 nitrogen and oxygen atoms in total. The van der Waals surface area contributed by atoms with Gasteiger partial charge < -0.3 is 10.1 Å². The first-order chi connectivity index (χ1) is 6.81. The van der Waals surface area contributed by atoms with Crippen LogP contribution in [0.1, 0.15) is 18.0 Å². The molecule has 0 aliphatic heterocycles. The minimum absolute atomic E-state index is 0.322. The predicted octanol–water partition coefficient (Wildman–Crippen LogP) is 2.53. The monoisotopic (exact) mass is 191 g/mol. The average molecular weight is 191 g/mol. The first-order valence-corrected chi connectivity index (χ1v) is 4.74. The fourth-order valence-corrected chi connectivity index (χ4v) is 1.45. The van der Waals surface area contributed by atoms with Gasteiger partial charge in [-0.2, -0.15) is 0 Å². The molecule has 0 aromatic heterocycles. The van der Waals surface area contributed by atoms with Crippen LogP contribution >= 0.6 is 0 Å². The van der Waals surface area contributed by atoms with Crippen molar-refractivity contribution in [1.82, 2.24) is 5.32 Å². The van der Waals surface area contributed by atoms with E-state index >= 15 is 0 Å². The minimum Gasteiger partial charge on any atom is -0.497 e. The van der Waals surface area contributed by atoms with Crippen molar-refractivity contribution in [3.63, 3.8) is 0 Å². The van der Waals surface area contributed by atoms with Crippen LogP contribution in [0.15, 0.2) is 36.9 Å². The summed E-state index contributed by atoms with van der Waals surface area (Å²) in [6.07, 6.45) is 2.84. The molecule has 76 valence electrons. The van der Waals surface area contributed by atoms with Gasteiger partial charge in [-0.3, -0.25) is 0 Å². The van der Waals surface area contributed by atoms with E-state index in [9.17, 15) is 0 Å². The smallest absolute Gasteiger partial charge is 0.119 e. The maximum Gasteiger partial charge on any atom is 0.119 e. The Balaban J connectivity index is 2.85. The van der Waals surface area contributed by atoms with E-state index in [1.54, 1.807) is 7.11 Å². The molecule has 0 aliphatic rings. The Bertz CT molecular complexity index is 296. The van der Waals surface area contributed by atoms with Crippen molar-refractivity contribution in [2.75, 3.05) is 14.2 Å². The predicted molar refractivity (Wildman–Crippen MR) is 59.6 cm³/mol. The highest BCUT2D eigenvalue weighted by Gasteiger charge is 2.07. The van der Waals surface area contributed by atoms with Crippen LogP contribution in [0.2, 0.25) is 0 Å². The molecule has 1 rings (SSSR count). The Morgan fingerprint density at radius 1 is 1.57 bits per heavy atom. The van der Waals surface area contributed by atoms with Crippen molar-refractivity contribution in [3.05, 3.63) is 42.5 Å². The largest absolute Gasteiger partial charge is 0.497 e. The van der Waals surface area contributed by atoms with Gasteiger partial charge in [0.05, 0.1) is 7.11 Å². The molecule has 1 atom stereocenters. The molecule has 1 unspecified atom stereocenters. The summed E-state index contributed by atoms with van der Waals surface area (Å²) < 4.78 is 5.17. The van der Waals surface area contributed by atoms with Crippen LogP contribution in [0.4, 0.5) is 0 Å². The number of nitrogens with one attached hydrogen (secondary N) is 1. The summed E-state index contributed by atoms with van der Waals surface area (Å²) in [5.41, 5.74) is 1.23. The first-order valence-electron chi connectivity index (χ1n) is 4.74. The molecule has 0 aliphatic carbocycles. The van der Waals surface area contributed by atoms with Gasteiger partial charge in [0.2, 0.25) is 0 Å². The van der Waals surface area contributed by atoms with E-state index in [0.717, 1.165) is 12.2 Å². The van der Waals surface area contributed by atoms with E-state index in [2.05, 4.69) is 18.0 Å². The summed E-state index contributed by atoms with van der Waals surface area (Å²) in [5.74, 6) is 0.895. The lowest BCUT2D eigenvalue weighted by molar-refractivity contribution is 0.413. The molecular formula is C12H17NO. The van der Waals surface area contributed by atoms with Crippen molar-refractivity contribution >= 4 is 0 Å². The fraction of sp³-hybridized carbons (Fsp3) is 0.333. The van der Waals surface area contributed by atoms with Crippen LogP contribution in [0.5, 0.6) is 5.75 Å². The first kappa shape index (κ1) is 10.8. The number of hydrogen-bond donors (Lipinski definition) is 1. The van der Waals surface area contributed by atoms with Crippen LogP contribution in [0, 0.1) is 0 Å². The lowest BCUT2D eigenvalue weighted by atomic mass is 10.0. The van der Waals surface area contributed by atoms with Gasteiger partial charge in [0, 0.05) is 6.04 Å². The molecule has 0 amide bonds. The van der Waals surface area contributed by atoms with Gasteiger partial charge in [0.25, 0.3) is 0 Å². The van der Waals surface area contributed by atoms with Gasteiger partial charge in [-0.25, -0.2) is 0 Å². The topological polar surface area (TPSA) is 21.3 Å². The Hall–Kier alpha value is -1.28. The molecule has 14 heavy (non-hydrogen) atoms. The second kappa shape index (κ2) is 5.45. The normalized spacial score (nSPS) is 12.1. The van der Waals surface area contributed by atoms with E-state index in [1.807, 2.05) is 31.3 Å². The van der Waals surface area contributed by atoms with Crippen LogP contribution in [0.3, 0.4) is 0 Å². The summed E-state index contributed by atoms with van der Waals surface area (Å²) >= 11 is 0. The molecular weight excluding hydrogens is 174 g/mol. The molecule has 0 saturated carbocycles. The zero-order chi connectivity index (χ0) is 10.4. The fourth-order valence-electron chi connectivity index (χ4n) is 1.45. The number of ether oxygens (including phenoxy) is 1.